The molecule has 0 saturated carbocycles. The van der Waals surface area contributed by atoms with Crippen molar-refractivity contribution < 1.29 is 19.6 Å². The van der Waals surface area contributed by atoms with E-state index in [0.717, 1.165) is 0 Å². The van der Waals surface area contributed by atoms with Crippen molar-refractivity contribution >= 4 is 27.6 Å². The molecule has 0 aliphatic rings. The zero-order valence-electron chi connectivity index (χ0n) is 12.3. The molecule has 6 nitrogen and oxygen atoms in total. The molecular formula is C14H18BrNO5. The maximum absolute atomic E-state index is 11.7. The lowest BCUT2D eigenvalue weighted by atomic mass is 9.97. The molecule has 21 heavy (non-hydrogen) atoms. The van der Waals surface area contributed by atoms with Crippen LogP contribution in [0.4, 0.5) is 5.69 Å². The zero-order valence-corrected chi connectivity index (χ0v) is 13.9. The fourth-order valence-electron chi connectivity index (χ4n) is 1.72. The van der Waals surface area contributed by atoms with Crippen LogP contribution in [0.25, 0.3) is 0 Å². The maximum atomic E-state index is 11.7. The lowest BCUT2D eigenvalue weighted by molar-refractivity contribution is -0.385. The number of hydrogen-bond donors (Lipinski definition) is 1. The highest BCUT2D eigenvalue weighted by atomic mass is 79.9. The average molecular weight is 360 g/mol. The highest BCUT2D eigenvalue weighted by Crippen LogP contribution is 2.31. The van der Waals surface area contributed by atoms with E-state index in [1.165, 1.54) is 12.1 Å². The van der Waals surface area contributed by atoms with E-state index in [2.05, 4.69) is 15.9 Å². The van der Waals surface area contributed by atoms with Crippen molar-refractivity contribution in [1.82, 2.24) is 0 Å². The third-order valence-corrected chi connectivity index (χ3v) is 3.51. The molecule has 1 rings (SSSR count). The molecule has 0 unspecified atom stereocenters. The van der Waals surface area contributed by atoms with Crippen molar-refractivity contribution in [3.63, 3.8) is 0 Å². The Morgan fingerprint density at radius 3 is 2.48 bits per heavy atom. The Morgan fingerprint density at radius 2 is 2.05 bits per heavy atom. The molecule has 0 saturated heterocycles. The van der Waals surface area contributed by atoms with Crippen LogP contribution >= 0.6 is 15.9 Å². The zero-order chi connectivity index (χ0) is 16.4. The van der Waals surface area contributed by atoms with Gasteiger partial charge in [0.1, 0.15) is 12.7 Å². The van der Waals surface area contributed by atoms with Gasteiger partial charge in [-0.1, -0.05) is 15.9 Å². The summed E-state index contributed by atoms with van der Waals surface area (Å²) in [4.78, 5) is 21.9. The molecule has 0 aliphatic carbocycles. The first-order valence-electron chi connectivity index (χ1n) is 6.33. The van der Waals surface area contributed by atoms with Gasteiger partial charge in [-0.15, -0.1) is 0 Å². The lowest BCUT2D eigenvalue weighted by Gasteiger charge is -2.20. The first kappa shape index (κ1) is 17.6. The summed E-state index contributed by atoms with van der Waals surface area (Å²) in [6, 6.07) is 2.69. The number of nitrogens with zero attached hydrogens (tertiary/aromatic N) is 1. The van der Waals surface area contributed by atoms with Crippen LogP contribution in [0, 0.1) is 22.5 Å². The Hall–Kier alpha value is -1.47. The smallest absolute Gasteiger partial charge is 0.311 e. The monoisotopic (exact) mass is 359 g/mol. The van der Waals surface area contributed by atoms with Crippen LogP contribution < -0.4 is 0 Å². The van der Waals surface area contributed by atoms with E-state index in [1.807, 2.05) is 0 Å². The lowest BCUT2D eigenvalue weighted by Crippen LogP contribution is -2.25. The molecule has 0 amide bonds. The van der Waals surface area contributed by atoms with Gasteiger partial charge < -0.3 is 9.84 Å². The summed E-state index contributed by atoms with van der Waals surface area (Å²) in [6.07, 6.45) is -1.05. The van der Waals surface area contributed by atoms with Gasteiger partial charge in [-0.2, -0.15) is 0 Å². The fourth-order valence-corrected chi connectivity index (χ4v) is 2.53. The van der Waals surface area contributed by atoms with Crippen molar-refractivity contribution in [3.8, 4) is 0 Å². The minimum atomic E-state index is -1.05. The number of nitro benzene ring substituents is 1. The highest BCUT2D eigenvalue weighted by molar-refractivity contribution is 9.10. The molecule has 0 radical (unpaired) electrons. The predicted molar refractivity (Wildman–Crippen MR) is 80.9 cm³/mol. The van der Waals surface area contributed by atoms with Crippen molar-refractivity contribution in [3.05, 3.63) is 37.8 Å². The fraction of sp³-hybridized carbons (Fsp3) is 0.500. The van der Waals surface area contributed by atoms with Crippen LogP contribution in [-0.4, -0.2) is 22.6 Å². The molecule has 0 bridgehead atoms. The standard InChI is InChI=1S/C14H18BrNO5/c1-8-5-9(16(19)20)6-10(15)12(8)11(17)7-21-13(18)14(2,3)4/h5-6,11,17H,7H2,1-4H3/t11-/m1/s1. The maximum Gasteiger partial charge on any atom is 0.311 e. The summed E-state index contributed by atoms with van der Waals surface area (Å²) in [6.45, 7) is 6.60. The Bertz CT molecular complexity index is 542. The van der Waals surface area contributed by atoms with Gasteiger partial charge in [0.2, 0.25) is 0 Å². The Labute approximate surface area is 131 Å². The number of halogens is 1. The SMILES string of the molecule is Cc1cc([N+](=O)[O-])cc(Br)c1[C@H](O)COC(=O)C(C)(C)C. The molecule has 1 aromatic carbocycles. The number of hydrogen-bond acceptors (Lipinski definition) is 5. The van der Waals surface area contributed by atoms with E-state index in [0.29, 0.717) is 15.6 Å². The number of non-ortho nitro benzene ring substituents is 1. The molecular weight excluding hydrogens is 342 g/mol. The van der Waals surface area contributed by atoms with Gasteiger partial charge in [-0.25, -0.2) is 0 Å². The molecule has 0 heterocycles. The second kappa shape index (κ2) is 6.53. The summed E-state index contributed by atoms with van der Waals surface area (Å²) >= 11 is 3.21. The minimum Gasteiger partial charge on any atom is -0.462 e. The minimum absolute atomic E-state index is 0.0676. The number of benzene rings is 1. The van der Waals surface area contributed by atoms with Crippen molar-refractivity contribution in [2.24, 2.45) is 5.41 Å². The third-order valence-electron chi connectivity index (χ3n) is 2.85. The topological polar surface area (TPSA) is 89.7 Å². The highest BCUT2D eigenvalue weighted by Gasteiger charge is 2.25. The third kappa shape index (κ3) is 4.50. The molecule has 0 spiro atoms. The first-order valence-corrected chi connectivity index (χ1v) is 7.13. The number of carbonyl (C=O) groups is 1. The number of aliphatic hydroxyl groups is 1. The quantitative estimate of drug-likeness (QED) is 0.506. The van der Waals surface area contributed by atoms with E-state index in [9.17, 15) is 20.0 Å². The van der Waals surface area contributed by atoms with Gasteiger partial charge >= 0.3 is 5.97 Å². The van der Waals surface area contributed by atoms with Crippen molar-refractivity contribution in [1.29, 1.82) is 0 Å². The van der Waals surface area contributed by atoms with Crippen LogP contribution in [0.5, 0.6) is 0 Å². The Balaban J connectivity index is 2.91. The van der Waals surface area contributed by atoms with Crippen LogP contribution in [-0.2, 0) is 9.53 Å². The number of nitro groups is 1. The van der Waals surface area contributed by atoms with Crippen LogP contribution in [0.1, 0.15) is 38.0 Å². The van der Waals surface area contributed by atoms with Crippen molar-refractivity contribution in [2.75, 3.05) is 6.61 Å². The molecule has 0 aliphatic heterocycles. The van der Waals surface area contributed by atoms with E-state index in [1.54, 1.807) is 27.7 Å². The predicted octanol–water partition coefficient (Wildman–Crippen LogP) is 3.29. The van der Waals surface area contributed by atoms with E-state index in [4.69, 9.17) is 4.74 Å². The summed E-state index contributed by atoms with van der Waals surface area (Å²) in [5.41, 5.74) is 0.307. The number of aliphatic hydroxyl groups excluding tert-OH is 1. The number of rotatable bonds is 4. The van der Waals surface area contributed by atoms with E-state index in [-0.39, 0.29) is 12.3 Å². The second-order valence-electron chi connectivity index (χ2n) is 5.78. The van der Waals surface area contributed by atoms with Crippen LogP contribution in [0.3, 0.4) is 0 Å². The summed E-state index contributed by atoms with van der Waals surface area (Å²) in [5.74, 6) is -0.419. The molecule has 1 N–H and O–H groups in total. The van der Waals surface area contributed by atoms with Crippen molar-refractivity contribution in [2.45, 2.75) is 33.8 Å². The van der Waals surface area contributed by atoms with E-state index < -0.39 is 22.4 Å². The number of aryl methyl sites for hydroxylation is 1. The summed E-state index contributed by atoms with van der Waals surface area (Å²) in [7, 11) is 0. The van der Waals surface area contributed by atoms with Crippen LogP contribution in [0.15, 0.2) is 16.6 Å². The first-order chi connectivity index (χ1) is 9.54. The summed E-state index contributed by atoms with van der Waals surface area (Å²) < 4.78 is 5.48. The van der Waals surface area contributed by atoms with Gasteiger partial charge in [0.05, 0.1) is 10.3 Å². The molecule has 1 aromatic rings. The van der Waals surface area contributed by atoms with Gasteiger partial charge in [-0.3, -0.25) is 14.9 Å². The average Bonchev–Trinajstić information content (AvgIpc) is 2.33. The van der Waals surface area contributed by atoms with Gasteiger partial charge in [0, 0.05) is 22.2 Å². The molecule has 116 valence electrons. The number of esters is 1. The van der Waals surface area contributed by atoms with E-state index >= 15 is 0 Å². The molecule has 0 aromatic heterocycles. The van der Waals surface area contributed by atoms with Gasteiger partial charge in [-0.05, 0) is 33.3 Å². The largest absolute Gasteiger partial charge is 0.462 e. The van der Waals surface area contributed by atoms with Gasteiger partial charge in [0.15, 0.2) is 0 Å². The second-order valence-corrected chi connectivity index (χ2v) is 6.63. The number of ether oxygens (including phenoxy) is 1. The Morgan fingerprint density at radius 1 is 1.48 bits per heavy atom. The molecule has 7 heteroatoms. The van der Waals surface area contributed by atoms with Crippen LogP contribution in [0.2, 0.25) is 0 Å². The number of carbonyl (C=O) groups excluding carboxylic acids is 1. The molecule has 1 atom stereocenters. The molecule has 0 fully saturated rings. The van der Waals surface area contributed by atoms with Gasteiger partial charge in [0.25, 0.3) is 5.69 Å². The summed E-state index contributed by atoms with van der Waals surface area (Å²) in [5, 5.41) is 20.9. The Kier molecular flexibility index (Phi) is 5.47. The normalized spacial score (nSPS) is 12.9.